The van der Waals surface area contributed by atoms with Crippen LogP contribution in [0.5, 0.6) is 0 Å². The van der Waals surface area contributed by atoms with Gasteiger partial charge in [-0.3, -0.25) is 13.8 Å². The van der Waals surface area contributed by atoms with Gasteiger partial charge in [-0.15, -0.1) is 0 Å². The third-order valence-electron chi connectivity index (χ3n) is 9.42. The van der Waals surface area contributed by atoms with Crippen LogP contribution in [0, 0.1) is 0 Å². The second kappa shape index (κ2) is 48.2. The molecule has 0 amide bonds. The summed E-state index contributed by atoms with van der Waals surface area (Å²) in [7, 11) is -4.30. The molecule has 0 aliphatic heterocycles. The van der Waals surface area contributed by atoms with Gasteiger partial charge in [0.2, 0.25) is 0 Å². The minimum atomic E-state index is -4.30. The lowest BCUT2D eigenvalue weighted by molar-refractivity contribution is -0.154. The molecule has 0 aromatic rings. The highest BCUT2D eigenvalue weighted by Crippen LogP contribution is 2.43. The van der Waals surface area contributed by atoms with Gasteiger partial charge in [0.05, 0.1) is 19.8 Å². The molecule has 8 nitrogen and oxygen atoms in total. The predicted octanol–water partition coefficient (Wildman–Crippen LogP) is 14.8. The van der Waals surface area contributed by atoms with E-state index in [-0.39, 0.29) is 38.8 Å². The quantitative estimate of drug-likeness (QED) is 0.0269. The Kier molecular flexibility index (Phi) is 46.0. The van der Waals surface area contributed by atoms with Gasteiger partial charge in [-0.05, 0) is 103 Å². The van der Waals surface area contributed by atoms with Crippen molar-refractivity contribution < 1.29 is 32.8 Å². The summed E-state index contributed by atoms with van der Waals surface area (Å²) in [5.41, 5.74) is 5.38. The number of phosphoric ester groups is 1. The molecule has 0 rings (SSSR count). The molecule has 2 unspecified atom stereocenters. The van der Waals surface area contributed by atoms with Gasteiger partial charge in [-0.1, -0.05) is 175 Å². The minimum Gasteiger partial charge on any atom is -0.457 e. The van der Waals surface area contributed by atoms with E-state index in [1.165, 1.54) is 32.1 Å². The van der Waals surface area contributed by atoms with Crippen molar-refractivity contribution in [3.63, 3.8) is 0 Å². The fraction of sp³-hybridized carbons (Fsp3) is 0.635. The number of nitrogens with two attached hydrogens (primary N) is 1. The van der Waals surface area contributed by atoms with E-state index in [4.69, 9.17) is 24.3 Å². The third-order valence-corrected chi connectivity index (χ3v) is 10.4. The van der Waals surface area contributed by atoms with Crippen molar-refractivity contribution in [3.8, 4) is 0 Å². The molecule has 0 fully saturated rings. The van der Waals surface area contributed by atoms with Crippen LogP contribution in [-0.4, -0.2) is 49.9 Å². The van der Waals surface area contributed by atoms with Gasteiger partial charge in [0.1, 0.15) is 6.10 Å². The molecule has 0 heterocycles. The molecule has 0 saturated heterocycles. The molecule has 3 N–H and O–H groups in total. The van der Waals surface area contributed by atoms with E-state index in [0.717, 1.165) is 122 Å². The lowest BCUT2D eigenvalue weighted by Gasteiger charge is -2.20. The van der Waals surface area contributed by atoms with Crippen LogP contribution in [0.25, 0.3) is 0 Å². The molecule has 0 aliphatic carbocycles. The molecular weight excluding hydrogens is 782 g/mol. The summed E-state index contributed by atoms with van der Waals surface area (Å²) in [6.45, 7) is 4.68. The maximum Gasteiger partial charge on any atom is 0.472 e. The number of allylic oxidation sites excluding steroid dienone is 18. The normalized spacial score (nSPS) is 14.4. The predicted molar refractivity (Wildman–Crippen MR) is 261 cm³/mol. The first-order valence-corrected chi connectivity index (χ1v) is 25.4. The summed E-state index contributed by atoms with van der Waals surface area (Å²) in [5, 5.41) is 0. The van der Waals surface area contributed by atoms with E-state index < -0.39 is 13.9 Å². The monoisotopic (exact) mass is 870 g/mol. The van der Waals surface area contributed by atoms with Crippen molar-refractivity contribution in [2.75, 3.05) is 33.0 Å². The van der Waals surface area contributed by atoms with Crippen molar-refractivity contribution in [2.45, 2.75) is 180 Å². The molecule has 348 valence electrons. The number of phosphoric acid groups is 1. The SMILES string of the molecule is CC/C=C\C/C=C\C/C=C\C/C=C\C/C=C\C/C=C\C/C=C\CCCCCCOCC(COP(=O)(O)OCCN)OC(=O)CCCCCCC/C=C\C/C=C\CCCCCC. The molecule has 0 saturated carbocycles. The first-order chi connectivity index (χ1) is 29.9. The van der Waals surface area contributed by atoms with E-state index >= 15 is 0 Å². The van der Waals surface area contributed by atoms with Crippen LogP contribution in [0.2, 0.25) is 0 Å². The smallest absolute Gasteiger partial charge is 0.457 e. The number of ether oxygens (including phenoxy) is 2. The third kappa shape index (κ3) is 48.1. The van der Waals surface area contributed by atoms with Crippen LogP contribution >= 0.6 is 7.82 Å². The number of rotatable bonds is 44. The zero-order valence-electron chi connectivity index (χ0n) is 38.6. The number of carbonyl (C=O) groups excluding carboxylic acids is 1. The molecular formula is C52H88NO7P. The van der Waals surface area contributed by atoms with Gasteiger partial charge in [-0.2, -0.15) is 0 Å². The van der Waals surface area contributed by atoms with Crippen molar-refractivity contribution in [2.24, 2.45) is 5.73 Å². The lowest BCUT2D eigenvalue weighted by Crippen LogP contribution is -2.28. The first-order valence-electron chi connectivity index (χ1n) is 23.9. The molecule has 0 aromatic heterocycles. The van der Waals surface area contributed by atoms with Crippen molar-refractivity contribution in [3.05, 3.63) is 109 Å². The van der Waals surface area contributed by atoms with Gasteiger partial charge >= 0.3 is 13.8 Å². The molecule has 0 aliphatic rings. The molecule has 9 heteroatoms. The largest absolute Gasteiger partial charge is 0.472 e. The van der Waals surface area contributed by atoms with Gasteiger partial charge in [0.15, 0.2) is 0 Å². The van der Waals surface area contributed by atoms with E-state index in [1.807, 2.05) is 0 Å². The Morgan fingerprint density at radius 2 is 0.918 bits per heavy atom. The Labute approximate surface area is 373 Å². The van der Waals surface area contributed by atoms with Crippen molar-refractivity contribution in [1.29, 1.82) is 0 Å². The topological polar surface area (TPSA) is 117 Å². The average molecular weight is 870 g/mol. The fourth-order valence-corrected chi connectivity index (χ4v) is 6.71. The molecule has 0 aromatic carbocycles. The van der Waals surface area contributed by atoms with E-state index in [2.05, 4.69) is 123 Å². The van der Waals surface area contributed by atoms with Crippen molar-refractivity contribution in [1.82, 2.24) is 0 Å². The van der Waals surface area contributed by atoms with Gasteiger partial charge in [0.25, 0.3) is 0 Å². The average Bonchev–Trinajstić information content (AvgIpc) is 3.25. The number of carbonyl (C=O) groups is 1. The molecule has 0 spiro atoms. The summed E-state index contributed by atoms with van der Waals surface area (Å²) in [6, 6.07) is 0. The second-order valence-corrected chi connectivity index (χ2v) is 16.7. The van der Waals surface area contributed by atoms with E-state index in [1.54, 1.807) is 0 Å². The Hall–Kier alpha value is -2.84. The maximum atomic E-state index is 12.6. The fourth-order valence-electron chi connectivity index (χ4n) is 5.95. The molecule has 2 atom stereocenters. The molecule has 0 radical (unpaired) electrons. The minimum absolute atomic E-state index is 0.0855. The zero-order chi connectivity index (χ0) is 44.4. The summed E-state index contributed by atoms with van der Waals surface area (Å²) in [4.78, 5) is 22.5. The Morgan fingerprint density at radius 3 is 1.38 bits per heavy atom. The van der Waals surface area contributed by atoms with Gasteiger partial charge < -0.3 is 20.1 Å². The Balaban J connectivity index is 4.10. The van der Waals surface area contributed by atoms with Crippen LogP contribution in [0.1, 0.15) is 174 Å². The Morgan fingerprint density at radius 1 is 0.508 bits per heavy atom. The number of hydrogen-bond donors (Lipinski definition) is 2. The first kappa shape index (κ1) is 58.2. The number of hydrogen-bond acceptors (Lipinski definition) is 7. The van der Waals surface area contributed by atoms with E-state index in [0.29, 0.717) is 6.61 Å². The lowest BCUT2D eigenvalue weighted by atomic mass is 10.1. The van der Waals surface area contributed by atoms with Crippen LogP contribution in [0.4, 0.5) is 0 Å². The highest BCUT2D eigenvalue weighted by molar-refractivity contribution is 7.47. The number of unbranched alkanes of at least 4 members (excludes halogenated alkanes) is 13. The highest BCUT2D eigenvalue weighted by atomic mass is 31.2. The highest BCUT2D eigenvalue weighted by Gasteiger charge is 2.25. The maximum absolute atomic E-state index is 12.6. The second-order valence-electron chi connectivity index (χ2n) is 15.2. The van der Waals surface area contributed by atoms with Crippen LogP contribution in [0.3, 0.4) is 0 Å². The summed E-state index contributed by atoms with van der Waals surface area (Å²) < 4.78 is 33.5. The van der Waals surface area contributed by atoms with Gasteiger partial charge in [-0.25, -0.2) is 4.57 Å². The van der Waals surface area contributed by atoms with E-state index in [9.17, 15) is 14.3 Å². The van der Waals surface area contributed by atoms with Gasteiger partial charge in [0, 0.05) is 19.6 Å². The summed E-state index contributed by atoms with van der Waals surface area (Å²) in [6.07, 6.45) is 65.4. The van der Waals surface area contributed by atoms with Crippen LogP contribution in [-0.2, 0) is 27.9 Å². The zero-order valence-corrected chi connectivity index (χ0v) is 39.5. The molecule has 61 heavy (non-hydrogen) atoms. The van der Waals surface area contributed by atoms with Crippen molar-refractivity contribution >= 4 is 13.8 Å². The summed E-state index contributed by atoms with van der Waals surface area (Å²) >= 11 is 0. The summed E-state index contributed by atoms with van der Waals surface area (Å²) in [5.74, 6) is -0.358. The standard InChI is InChI=1S/C52H88NO7P/c1-3-5-7-9-11-13-15-17-19-21-22-23-24-25-26-27-28-29-30-32-34-36-38-40-42-44-47-57-49-51(50-59-61(55,56)58-48-46-53)60-52(54)45-43-41-39-37-35-33-31-20-18-16-14-12-10-8-6-4-2/h5,7,11,13-14,16-17,19-20,22-23,25-26,28-29,31-32,34,51H,3-4,6,8-10,12,15,18,21,24,27,30,33,35-50,53H2,1-2H3,(H,55,56)/b7-5-,13-11-,16-14-,19-17-,23-22-,26-25-,29-28-,31-20-,34-32-. The molecule has 0 bridgehead atoms. The van der Waals surface area contributed by atoms with Crippen LogP contribution in [0.15, 0.2) is 109 Å². The van der Waals surface area contributed by atoms with Crippen LogP contribution < -0.4 is 5.73 Å². The number of esters is 1. The Bertz CT molecular complexity index is 1300.